The van der Waals surface area contributed by atoms with Crippen molar-refractivity contribution in [3.63, 3.8) is 0 Å². The molecular formula is C9H12N4O2. The maximum atomic E-state index is 11.5. The van der Waals surface area contributed by atoms with Crippen LogP contribution in [0, 0.1) is 0 Å². The Labute approximate surface area is 86.8 Å². The third-order valence-corrected chi connectivity index (χ3v) is 1.72. The van der Waals surface area contributed by atoms with Crippen LogP contribution >= 0.6 is 0 Å². The molecule has 0 spiro atoms. The van der Waals surface area contributed by atoms with Crippen LogP contribution < -0.4 is 11.1 Å². The molecule has 0 saturated heterocycles. The molecule has 6 nitrogen and oxygen atoms in total. The number of aromatic nitrogens is 2. The summed E-state index contributed by atoms with van der Waals surface area (Å²) < 4.78 is 1.36. The Morgan fingerprint density at radius 3 is 2.93 bits per heavy atom. The third kappa shape index (κ3) is 2.43. The van der Waals surface area contributed by atoms with Crippen molar-refractivity contribution >= 4 is 11.8 Å². The summed E-state index contributed by atoms with van der Waals surface area (Å²) in [4.78, 5) is 22.5. The highest BCUT2D eigenvalue weighted by Gasteiger charge is 2.18. The van der Waals surface area contributed by atoms with E-state index in [-0.39, 0.29) is 11.3 Å². The lowest BCUT2D eigenvalue weighted by Crippen LogP contribution is -2.26. The third-order valence-electron chi connectivity index (χ3n) is 1.72. The normalized spacial score (nSPS) is 9.67. The van der Waals surface area contributed by atoms with Crippen LogP contribution in [0.5, 0.6) is 0 Å². The second kappa shape index (κ2) is 4.41. The van der Waals surface area contributed by atoms with Crippen molar-refractivity contribution in [3.8, 4) is 0 Å². The zero-order valence-corrected chi connectivity index (χ0v) is 8.36. The smallest absolute Gasteiger partial charge is 0.272 e. The minimum atomic E-state index is -0.674. The molecule has 1 aromatic rings. The van der Waals surface area contributed by atoms with E-state index in [9.17, 15) is 9.59 Å². The van der Waals surface area contributed by atoms with E-state index in [1.165, 1.54) is 17.0 Å². The maximum absolute atomic E-state index is 11.5. The van der Waals surface area contributed by atoms with Crippen molar-refractivity contribution in [2.75, 3.05) is 6.54 Å². The molecule has 0 aromatic carbocycles. The summed E-state index contributed by atoms with van der Waals surface area (Å²) >= 11 is 0. The molecule has 0 fully saturated rings. The second-order valence-corrected chi connectivity index (χ2v) is 2.93. The maximum Gasteiger partial charge on any atom is 0.272 e. The number of carbonyl (C=O) groups excluding carboxylic acids is 2. The molecule has 15 heavy (non-hydrogen) atoms. The number of rotatable bonds is 4. The number of amides is 2. The van der Waals surface area contributed by atoms with Crippen molar-refractivity contribution < 1.29 is 9.59 Å². The average Bonchev–Trinajstić information content (AvgIpc) is 2.57. The van der Waals surface area contributed by atoms with Gasteiger partial charge in [-0.3, -0.25) is 14.3 Å². The first-order valence-corrected chi connectivity index (χ1v) is 4.28. The average molecular weight is 208 g/mol. The van der Waals surface area contributed by atoms with E-state index in [4.69, 9.17) is 5.73 Å². The Balaban J connectivity index is 2.96. The molecule has 2 amide bonds. The number of nitrogens with one attached hydrogen (secondary N) is 1. The molecule has 0 unspecified atom stereocenters. The highest BCUT2D eigenvalue weighted by atomic mass is 16.2. The van der Waals surface area contributed by atoms with Crippen LogP contribution in [-0.2, 0) is 7.05 Å². The summed E-state index contributed by atoms with van der Waals surface area (Å²) in [6.07, 6.45) is 2.94. The van der Waals surface area contributed by atoms with E-state index < -0.39 is 11.8 Å². The molecule has 0 radical (unpaired) electrons. The van der Waals surface area contributed by atoms with Crippen LogP contribution in [-0.4, -0.2) is 28.1 Å². The standard InChI is InChI=1S/C9H12N4O2/c1-3-4-11-9(15)7-6(8(10)14)5-13(2)12-7/h3,5H,1,4H2,2H3,(H2,10,14)(H,11,15). The Morgan fingerprint density at radius 2 is 2.40 bits per heavy atom. The van der Waals surface area contributed by atoms with E-state index in [2.05, 4.69) is 17.0 Å². The molecule has 0 saturated carbocycles. The predicted molar refractivity (Wildman–Crippen MR) is 54.3 cm³/mol. The monoisotopic (exact) mass is 208 g/mol. The van der Waals surface area contributed by atoms with Crippen molar-refractivity contribution in [2.24, 2.45) is 12.8 Å². The van der Waals surface area contributed by atoms with Gasteiger partial charge in [0.15, 0.2) is 5.69 Å². The van der Waals surface area contributed by atoms with Crippen LogP contribution in [0.4, 0.5) is 0 Å². The molecule has 1 aromatic heterocycles. The zero-order valence-electron chi connectivity index (χ0n) is 8.36. The molecule has 0 aliphatic heterocycles. The summed E-state index contributed by atoms with van der Waals surface area (Å²) in [5.41, 5.74) is 5.25. The molecule has 0 atom stereocenters. The fraction of sp³-hybridized carbons (Fsp3) is 0.222. The Morgan fingerprint density at radius 1 is 1.73 bits per heavy atom. The summed E-state index contributed by atoms with van der Waals surface area (Å²) in [7, 11) is 1.61. The number of primary amides is 1. The van der Waals surface area contributed by atoms with Gasteiger partial charge in [-0.25, -0.2) is 0 Å². The molecule has 0 bridgehead atoms. The molecule has 80 valence electrons. The first-order chi connectivity index (χ1) is 7.06. The lowest BCUT2D eigenvalue weighted by molar-refractivity contribution is 0.0935. The van der Waals surface area contributed by atoms with Crippen molar-refractivity contribution in [3.05, 3.63) is 30.1 Å². The van der Waals surface area contributed by atoms with E-state index in [1.807, 2.05) is 0 Å². The molecule has 1 heterocycles. The van der Waals surface area contributed by atoms with Crippen molar-refractivity contribution in [2.45, 2.75) is 0 Å². The van der Waals surface area contributed by atoms with Gasteiger partial charge in [-0.05, 0) is 0 Å². The Kier molecular flexibility index (Phi) is 3.22. The summed E-state index contributed by atoms with van der Waals surface area (Å²) in [6.45, 7) is 3.77. The summed E-state index contributed by atoms with van der Waals surface area (Å²) in [6, 6.07) is 0. The molecule has 0 aliphatic carbocycles. The first-order valence-electron chi connectivity index (χ1n) is 4.28. The predicted octanol–water partition coefficient (Wildman–Crippen LogP) is -0.565. The second-order valence-electron chi connectivity index (χ2n) is 2.93. The van der Waals surface area contributed by atoms with Gasteiger partial charge in [0, 0.05) is 19.8 Å². The lowest BCUT2D eigenvalue weighted by atomic mass is 10.2. The largest absolute Gasteiger partial charge is 0.365 e. The van der Waals surface area contributed by atoms with Crippen molar-refractivity contribution in [1.29, 1.82) is 0 Å². The molecular weight excluding hydrogens is 196 g/mol. The highest BCUT2D eigenvalue weighted by Crippen LogP contribution is 2.04. The van der Waals surface area contributed by atoms with Crippen LogP contribution in [0.15, 0.2) is 18.9 Å². The summed E-state index contributed by atoms with van der Waals surface area (Å²) in [5.74, 6) is -1.11. The number of carbonyl (C=O) groups is 2. The van der Waals surface area contributed by atoms with E-state index in [1.54, 1.807) is 7.05 Å². The van der Waals surface area contributed by atoms with Crippen LogP contribution in [0.3, 0.4) is 0 Å². The van der Waals surface area contributed by atoms with E-state index in [0.29, 0.717) is 6.54 Å². The van der Waals surface area contributed by atoms with Gasteiger partial charge in [0.1, 0.15) is 0 Å². The highest BCUT2D eigenvalue weighted by molar-refractivity contribution is 6.05. The molecule has 1 rings (SSSR count). The number of hydrogen-bond donors (Lipinski definition) is 2. The van der Waals surface area contributed by atoms with Crippen molar-refractivity contribution in [1.82, 2.24) is 15.1 Å². The fourth-order valence-electron chi connectivity index (χ4n) is 1.09. The molecule has 3 N–H and O–H groups in total. The number of nitrogens with zero attached hydrogens (tertiary/aromatic N) is 2. The van der Waals surface area contributed by atoms with Crippen LogP contribution in [0.2, 0.25) is 0 Å². The van der Waals surface area contributed by atoms with Gasteiger partial charge in [-0.2, -0.15) is 5.10 Å². The Bertz CT molecular complexity index is 408. The van der Waals surface area contributed by atoms with Gasteiger partial charge in [0.2, 0.25) is 0 Å². The molecule has 6 heteroatoms. The van der Waals surface area contributed by atoms with Crippen LogP contribution in [0.1, 0.15) is 20.8 Å². The van der Waals surface area contributed by atoms with Gasteiger partial charge in [0.25, 0.3) is 11.8 Å². The minimum Gasteiger partial charge on any atom is -0.365 e. The lowest BCUT2D eigenvalue weighted by Gasteiger charge is -1.99. The first kappa shape index (κ1) is 11.0. The minimum absolute atomic E-state index is 0.0341. The van der Waals surface area contributed by atoms with E-state index >= 15 is 0 Å². The SMILES string of the molecule is C=CCNC(=O)c1nn(C)cc1C(N)=O. The number of hydrogen-bond acceptors (Lipinski definition) is 3. The fourth-order valence-corrected chi connectivity index (χ4v) is 1.09. The molecule has 0 aliphatic rings. The Hall–Kier alpha value is -2.11. The van der Waals surface area contributed by atoms with Gasteiger partial charge < -0.3 is 11.1 Å². The number of nitrogens with two attached hydrogens (primary N) is 1. The van der Waals surface area contributed by atoms with E-state index in [0.717, 1.165) is 0 Å². The zero-order chi connectivity index (χ0) is 11.4. The number of aryl methyl sites for hydroxylation is 1. The van der Waals surface area contributed by atoms with Gasteiger partial charge in [0.05, 0.1) is 5.56 Å². The topological polar surface area (TPSA) is 90.0 Å². The van der Waals surface area contributed by atoms with Gasteiger partial charge >= 0.3 is 0 Å². The quantitative estimate of drug-likeness (QED) is 0.649. The van der Waals surface area contributed by atoms with Gasteiger partial charge in [-0.1, -0.05) is 6.08 Å². The summed E-state index contributed by atoms with van der Waals surface area (Å²) in [5, 5.41) is 6.37. The van der Waals surface area contributed by atoms with Crippen LogP contribution in [0.25, 0.3) is 0 Å². The van der Waals surface area contributed by atoms with Gasteiger partial charge in [-0.15, -0.1) is 6.58 Å².